The van der Waals surface area contributed by atoms with Crippen molar-refractivity contribution in [2.24, 2.45) is 0 Å². The van der Waals surface area contributed by atoms with Crippen LogP contribution in [0, 0.1) is 0 Å². The molecule has 6 heteroatoms. The van der Waals surface area contributed by atoms with Crippen molar-refractivity contribution < 1.29 is 18.7 Å². The molecule has 0 radical (unpaired) electrons. The van der Waals surface area contributed by atoms with E-state index in [1.165, 1.54) is 0 Å². The minimum Gasteiger partial charge on any atom is -0.454 e. The minimum absolute atomic E-state index is 0.173. The maximum atomic E-state index is 12.2. The Kier molecular flexibility index (Phi) is 3.40. The van der Waals surface area contributed by atoms with Gasteiger partial charge >= 0.3 is 0 Å². The van der Waals surface area contributed by atoms with Gasteiger partial charge in [-0.2, -0.15) is 0 Å². The zero-order valence-corrected chi connectivity index (χ0v) is 12.3. The standard InChI is InChI=1S/C14H12BrNO4/c1-16(14(17)11-4-5-13(15)20-11)7-9-2-3-10-12(6-9)19-8-18-10/h2-6H,7-8H2,1H3. The summed E-state index contributed by atoms with van der Waals surface area (Å²) in [5.74, 6) is 1.58. The summed E-state index contributed by atoms with van der Waals surface area (Å²) in [5.41, 5.74) is 0.968. The number of hydrogen-bond donors (Lipinski definition) is 0. The number of halogens is 1. The van der Waals surface area contributed by atoms with Gasteiger partial charge in [0.05, 0.1) is 0 Å². The van der Waals surface area contributed by atoms with Crippen LogP contribution in [0.25, 0.3) is 0 Å². The van der Waals surface area contributed by atoms with Crippen LogP contribution in [0.3, 0.4) is 0 Å². The molecule has 3 rings (SSSR count). The van der Waals surface area contributed by atoms with Gasteiger partial charge in [-0.1, -0.05) is 6.07 Å². The van der Waals surface area contributed by atoms with E-state index in [4.69, 9.17) is 13.9 Å². The summed E-state index contributed by atoms with van der Waals surface area (Å²) < 4.78 is 16.4. The summed E-state index contributed by atoms with van der Waals surface area (Å²) in [6, 6.07) is 8.98. The molecule has 2 heterocycles. The third kappa shape index (κ3) is 2.51. The van der Waals surface area contributed by atoms with Crippen molar-refractivity contribution in [3.05, 3.63) is 46.3 Å². The number of hydrogen-bond acceptors (Lipinski definition) is 4. The lowest BCUT2D eigenvalue weighted by Crippen LogP contribution is -2.25. The van der Waals surface area contributed by atoms with E-state index < -0.39 is 0 Å². The number of rotatable bonds is 3. The minimum atomic E-state index is -0.173. The molecule has 1 aromatic carbocycles. The zero-order valence-electron chi connectivity index (χ0n) is 10.8. The predicted octanol–water partition coefficient (Wildman–Crippen LogP) is 3.04. The summed E-state index contributed by atoms with van der Waals surface area (Å²) in [5, 5.41) is 0. The van der Waals surface area contributed by atoms with Crippen molar-refractivity contribution in [1.82, 2.24) is 4.90 Å². The van der Waals surface area contributed by atoms with Gasteiger partial charge in [-0.15, -0.1) is 0 Å². The number of furan rings is 1. The van der Waals surface area contributed by atoms with Crippen LogP contribution in [-0.2, 0) is 6.54 Å². The quantitative estimate of drug-likeness (QED) is 0.863. The molecule has 0 fully saturated rings. The molecule has 1 aromatic heterocycles. The maximum absolute atomic E-state index is 12.2. The van der Waals surface area contributed by atoms with E-state index in [1.807, 2.05) is 18.2 Å². The van der Waals surface area contributed by atoms with Gasteiger partial charge in [0.2, 0.25) is 6.79 Å². The van der Waals surface area contributed by atoms with Crippen LogP contribution in [0.4, 0.5) is 0 Å². The molecule has 0 saturated heterocycles. The van der Waals surface area contributed by atoms with E-state index in [-0.39, 0.29) is 12.7 Å². The van der Waals surface area contributed by atoms with E-state index in [0.717, 1.165) is 11.3 Å². The molecule has 2 aromatic rings. The lowest BCUT2D eigenvalue weighted by molar-refractivity contribution is 0.0752. The van der Waals surface area contributed by atoms with Gasteiger partial charge in [0.15, 0.2) is 21.9 Å². The highest BCUT2D eigenvalue weighted by atomic mass is 79.9. The summed E-state index contributed by atoms with van der Waals surface area (Å²) in [6.07, 6.45) is 0. The van der Waals surface area contributed by atoms with Gasteiger partial charge in [0, 0.05) is 13.6 Å². The number of ether oxygens (including phenoxy) is 2. The van der Waals surface area contributed by atoms with Gasteiger partial charge in [0.1, 0.15) is 0 Å². The molecular weight excluding hydrogens is 326 g/mol. The van der Waals surface area contributed by atoms with Crippen molar-refractivity contribution in [2.75, 3.05) is 13.8 Å². The first-order chi connectivity index (χ1) is 9.63. The smallest absolute Gasteiger partial charge is 0.289 e. The Morgan fingerprint density at radius 2 is 2.05 bits per heavy atom. The van der Waals surface area contributed by atoms with Crippen molar-refractivity contribution in [3.8, 4) is 11.5 Å². The first-order valence-corrected chi connectivity index (χ1v) is 6.82. The molecule has 0 aliphatic carbocycles. The number of carbonyl (C=O) groups excluding carboxylic acids is 1. The summed E-state index contributed by atoms with van der Waals surface area (Å²) in [4.78, 5) is 13.7. The zero-order chi connectivity index (χ0) is 14.1. The van der Waals surface area contributed by atoms with Gasteiger partial charge in [0.25, 0.3) is 5.91 Å². The van der Waals surface area contributed by atoms with Crippen LogP contribution in [0.15, 0.2) is 39.4 Å². The Hall–Kier alpha value is -1.95. The van der Waals surface area contributed by atoms with Crippen LogP contribution >= 0.6 is 15.9 Å². The van der Waals surface area contributed by atoms with Gasteiger partial charge in [-0.05, 0) is 45.8 Å². The van der Waals surface area contributed by atoms with Crippen molar-refractivity contribution in [1.29, 1.82) is 0 Å². The molecule has 0 spiro atoms. The predicted molar refractivity (Wildman–Crippen MR) is 74.8 cm³/mol. The number of nitrogens with zero attached hydrogens (tertiary/aromatic N) is 1. The van der Waals surface area contributed by atoms with Gasteiger partial charge in [-0.3, -0.25) is 4.79 Å². The van der Waals surface area contributed by atoms with Crippen LogP contribution in [0.1, 0.15) is 16.1 Å². The highest BCUT2D eigenvalue weighted by Crippen LogP contribution is 2.32. The molecule has 0 N–H and O–H groups in total. The number of fused-ring (bicyclic) bond motifs is 1. The van der Waals surface area contributed by atoms with Crippen molar-refractivity contribution >= 4 is 21.8 Å². The van der Waals surface area contributed by atoms with Crippen LogP contribution in [0.2, 0.25) is 0 Å². The lowest BCUT2D eigenvalue weighted by Gasteiger charge is -2.16. The summed E-state index contributed by atoms with van der Waals surface area (Å²) in [7, 11) is 1.73. The SMILES string of the molecule is CN(Cc1ccc2c(c1)OCO2)C(=O)c1ccc(Br)o1. The average Bonchev–Trinajstić information content (AvgIpc) is 3.05. The molecule has 0 atom stereocenters. The van der Waals surface area contributed by atoms with Gasteiger partial charge in [-0.25, -0.2) is 0 Å². The molecule has 0 unspecified atom stereocenters. The first-order valence-electron chi connectivity index (χ1n) is 6.03. The third-order valence-corrected chi connectivity index (χ3v) is 3.41. The Labute approximate surface area is 124 Å². The second-order valence-electron chi connectivity index (χ2n) is 4.45. The second kappa shape index (κ2) is 5.20. The first kappa shape index (κ1) is 13.1. The number of benzene rings is 1. The Morgan fingerprint density at radius 1 is 1.25 bits per heavy atom. The van der Waals surface area contributed by atoms with Crippen molar-refractivity contribution in [2.45, 2.75) is 6.54 Å². The van der Waals surface area contributed by atoms with Crippen LogP contribution in [-0.4, -0.2) is 24.6 Å². The Bertz CT molecular complexity index is 652. The van der Waals surface area contributed by atoms with Crippen LogP contribution < -0.4 is 9.47 Å². The number of carbonyl (C=O) groups is 1. The average molecular weight is 338 g/mol. The molecule has 1 amide bonds. The third-order valence-electron chi connectivity index (χ3n) is 2.99. The second-order valence-corrected chi connectivity index (χ2v) is 5.23. The largest absolute Gasteiger partial charge is 0.454 e. The topological polar surface area (TPSA) is 51.9 Å². The summed E-state index contributed by atoms with van der Waals surface area (Å²) >= 11 is 3.18. The van der Waals surface area contributed by atoms with E-state index >= 15 is 0 Å². The van der Waals surface area contributed by atoms with Crippen molar-refractivity contribution in [3.63, 3.8) is 0 Å². The van der Waals surface area contributed by atoms with Gasteiger partial charge < -0.3 is 18.8 Å². The monoisotopic (exact) mass is 337 g/mol. The van der Waals surface area contributed by atoms with E-state index in [2.05, 4.69) is 15.9 Å². The molecular formula is C14H12BrNO4. The molecule has 0 saturated carbocycles. The van der Waals surface area contributed by atoms with E-state index in [0.29, 0.717) is 22.7 Å². The maximum Gasteiger partial charge on any atom is 0.289 e. The fourth-order valence-electron chi connectivity index (χ4n) is 2.00. The lowest BCUT2D eigenvalue weighted by atomic mass is 10.2. The molecule has 20 heavy (non-hydrogen) atoms. The highest BCUT2D eigenvalue weighted by molar-refractivity contribution is 9.10. The fraction of sp³-hybridized carbons (Fsp3) is 0.214. The molecule has 0 bridgehead atoms. The summed E-state index contributed by atoms with van der Waals surface area (Å²) in [6.45, 7) is 0.710. The molecule has 1 aliphatic rings. The Morgan fingerprint density at radius 3 is 2.80 bits per heavy atom. The number of amides is 1. The normalized spacial score (nSPS) is 12.5. The molecule has 1 aliphatic heterocycles. The highest BCUT2D eigenvalue weighted by Gasteiger charge is 2.18. The van der Waals surface area contributed by atoms with E-state index in [1.54, 1.807) is 24.1 Å². The Balaban J connectivity index is 1.72. The molecule has 5 nitrogen and oxygen atoms in total. The molecule has 104 valence electrons. The van der Waals surface area contributed by atoms with E-state index in [9.17, 15) is 4.79 Å². The fourth-order valence-corrected chi connectivity index (χ4v) is 2.31. The van der Waals surface area contributed by atoms with Crippen LogP contribution in [0.5, 0.6) is 11.5 Å².